The van der Waals surface area contributed by atoms with Crippen LogP contribution in [0.15, 0.2) is 48.8 Å². The van der Waals surface area contributed by atoms with Crippen LogP contribution in [0.4, 0.5) is 0 Å². The van der Waals surface area contributed by atoms with Gasteiger partial charge in [-0.05, 0) is 67.3 Å². The Morgan fingerprint density at radius 1 is 1.03 bits per heavy atom. The minimum atomic E-state index is -1.14. The maximum atomic E-state index is 13.9. The Morgan fingerprint density at radius 3 is 2.66 bits per heavy atom. The Bertz CT molecular complexity index is 1110. The molecular formula is C30H41N5O3. The Balaban J connectivity index is 1.61. The van der Waals surface area contributed by atoms with Gasteiger partial charge in [-0.15, -0.1) is 0 Å². The molecular weight excluding hydrogens is 478 g/mol. The number of fused-ring (bicyclic) bond motifs is 2. The summed E-state index contributed by atoms with van der Waals surface area (Å²) in [4.78, 5) is 48.7. The molecule has 1 aromatic heterocycles. The van der Waals surface area contributed by atoms with Crippen LogP contribution in [0, 0.1) is 5.92 Å². The molecule has 0 saturated carbocycles. The van der Waals surface area contributed by atoms with Gasteiger partial charge in [0.05, 0.1) is 6.54 Å². The molecule has 4 rings (SSSR count). The first-order valence-electron chi connectivity index (χ1n) is 13.9. The highest BCUT2D eigenvalue weighted by Crippen LogP contribution is 2.35. The third-order valence-corrected chi connectivity index (χ3v) is 7.59. The van der Waals surface area contributed by atoms with E-state index in [-0.39, 0.29) is 24.3 Å². The smallest absolute Gasteiger partial charge is 0.250 e. The number of aryl methyl sites for hydroxylation is 1. The van der Waals surface area contributed by atoms with Crippen molar-refractivity contribution >= 4 is 17.7 Å². The van der Waals surface area contributed by atoms with Crippen LogP contribution in [-0.4, -0.2) is 65.2 Å². The first kappa shape index (κ1) is 27.8. The predicted octanol–water partition coefficient (Wildman–Crippen LogP) is 3.02. The van der Waals surface area contributed by atoms with E-state index in [4.69, 9.17) is 0 Å². The van der Waals surface area contributed by atoms with Gasteiger partial charge in [0.2, 0.25) is 17.7 Å². The van der Waals surface area contributed by atoms with Crippen molar-refractivity contribution in [2.24, 2.45) is 5.92 Å². The largest absolute Gasteiger partial charge is 0.352 e. The van der Waals surface area contributed by atoms with Crippen molar-refractivity contribution < 1.29 is 14.4 Å². The Labute approximate surface area is 226 Å². The maximum absolute atomic E-state index is 13.9. The molecule has 2 heterocycles. The number of carbonyl (C=O) groups excluding carboxylic acids is 3. The molecule has 8 heteroatoms. The van der Waals surface area contributed by atoms with Crippen LogP contribution in [0.1, 0.15) is 62.6 Å². The fourth-order valence-electron chi connectivity index (χ4n) is 5.52. The SMILES string of the molecule is CC(C)CCN1CC(=O)NC2(CCCc3ccccc32)C(=O)NCCN(Cc2cccnc2)CCCC1=O. The lowest BCUT2D eigenvalue weighted by molar-refractivity contribution is -0.139. The molecule has 1 unspecified atom stereocenters. The summed E-state index contributed by atoms with van der Waals surface area (Å²) in [5, 5.41) is 6.26. The summed E-state index contributed by atoms with van der Waals surface area (Å²) in [5.41, 5.74) is 1.89. The Morgan fingerprint density at radius 2 is 1.87 bits per heavy atom. The number of amides is 3. The molecule has 2 aromatic rings. The third-order valence-electron chi connectivity index (χ3n) is 7.59. The number of hydrogen-bond acceptors (Lipinski definition) is 5. The van der Waals surface area contributed by atoms with E-state index in [0.29, 0.717) is 57.9 Å². The standard InChI is InChI=1S/C30H41N5O3/c1-23(2)13-18-35-22-27(36)33-30(14-5-10-25-9-3-4-11-26(25)30)29(38)32-16-19-34(17-7-12-28(35)37)21-24-8-6-15-31-20-24/h3-4,6,8-9,11,15,20,23H,5,7,10,12-14,16-19,21-22H2,1-2H3,(H,32,38)(H,33,36). The first-order chi connectivity index (χ1) is 18.4. The second-order valence-corrected chi connectivity index (χ2v) is 11.0. The molecule has 1 aromatic carbocycles. The molecule has 1 spiro atoms. The van der Waals surface area contributed by atoms with E-state index in [9.17, 15) is 14.4 Å². The van der Waals surface area contributed by atoms with Crippen molar-refractivity contribution in [1.29, 1.82) is 0 Å². The number of nitrogens with one attached hydrogen (secondary N) is 2. The van der Waals surface area contributed by atoms with Gasteiger partial charge in [0.25, 0.3) is 0 Å². The maximum Gasteiger partial charge on any atom is 0.250 e. The summed E-state index contributed by atoms with van der Waals surface area (Å²) < 4.78 is 0. The van der Waals surface area contributed by atoms with Crippen LogP contribution in [0.3, 0.4) is 0 Å². The van der Waals surface area contributed by atoms with E-state index in [1.54, 1.807) is 11.1 Å². The zero-order valence-electron chi connectivity index (χ0n) is 22.7. The highest BCUT2D eigenvalue weighted by Gasteiger charge is 2.44. The van der Waals surface area contributed by atoms with Gasteiger partial charge in [0.1, 0.15) is 5.54 Å². The third kappa shape index (κ3) is 6.98. The van der Waals surface area contributed by atoms with Gasteiger partial charge in [0.15, 0.2) is 0 Å². The summed E-state index contributed by atoms with van der Waals surface area (Å²) in [6.45, 7) is 7.22. The normalized spacial score (nSPS) is 22.1. The molecule has 2 N–H and O–H groups in total. The zero-order valence-corrected chi connectivity index (χ0v) is 22.7. The number of benzene rings is 1. The van der Waals surface area contributed by atoms with Crippen LogP contribution in [-0.2, 0) is 32.9 Å². The van der Waals surface area contributed by atoms with Gasteiger partial charge in [0, 0.05) is 45.0 Å². The molecule has 1 aliphatic carbocycles. The van der Waals surface area contributed by atoms with Crippen LogP contribution in [0.5, 0.6) is 0 Å². The van der Waals surface area contributed by atoms with Crippen molar-refractivity contribution in [3.63, 3.8) is 0 Å². The molecule has 2 aliphatic rings. The number of carbonyl (C=O) groups is 3. The average Bonchev–Trinajstić information content (AvgIpc) is 2.91. The van der Waals surface area contributed by atoms with E-state index in [0.717, 1.165) is 36.0 Å². The van der Waals surface area contributed by atoms with Crippen LogP contribution in [0.25, 0.3) is 0 Å². The predicted molar refractivity (Wildman–Crippen MR) is 147 cm³/mol. The average molecular weight is 520 g/mol. The number of nitrogens with zero attached hydrogens (tertiary/aromatic N) is 3. The summed E-state index contributed by atoms with van der Waals surface area (Å²) in [6.07, 6.45) is 7.70. The zero-order chi connectivity index (χ0) is 27.0. The number of hydrogen-bond donors (Lipinski definition) is 2. The molecule has 1 atom stereocenters. The van der Waals surface area contributed by atoms with Crippen molar-refractivity contribution in [2.75, 3.05) is 32.7 Å². The van der Waals surface area contributed by atoms with Gasteiger partial charge in [-0.2, -0.15) is 0 Å². The lowest BCUT2D eigenvalue weighted by Crippen LogP contribution is -2.60. The Hall–Kier alpha value is -3.26. The fourth-order valence-corrected chi connectivity index (χ4v) is 5.52. The van der Waals surface area contributed by atoms with E-state index < -0.39 is 5.54 Å². The molecule has 1 aliphatic heterocycles. The first-order valence-corrected chi connectivity index (χ1v) is 13.9. The molecule has 38 heavy (non-hydrogen) atoms. The van der Waals surface area contributed by atoms with Gasteiger partial charge in [-0.1, -0.05) is 44.2 Å². The van der Waals surface area contributed by atoms with Gasteiger partial charge < -0.3 is 15.5 Å². The lowest BCUT2D eigenvalue weighted by atomic mass is 9.75. The van der Waals surface area contributed by atoms with Gasteiger partial charge in [-0.3, -0.25) is 24.3 Å². The Kier molecular flexibility index (Phi) is 9.50. The highest BCUT2D eigenvalue weighted by molar-refractivity contribution is 5.94. The summed E-state index contributed by atoms with van der Waals surface area (Å²) in [5.74, 6) is -0.0707. The van der Waals surface area contributed by atoms with E-state index in [2.05, 4.69) is 34.4 Å². The molecule has 8 nitrogen and oxygen atoms in total. The number of pyridine rings is 1. The van der Waals surface area contributed by atoms with Gasteiger partial charge >= 0.3 is 0 Å². The van der Waals surface area contributed by atoms with E-state index in [1.165, 1.54) is 0 Å². The second-order valence-electron chi connectivity index (χ2n) is 11.0. The van der Waals surface area contributed by atoms with Crippen molar-refractivity contribution in [1.82, 2.24) is 25.4 Å². The quantitative estimate of drug-likeness (QED) is 0.633. The monoisotopic (exact) mass is 519 g/mol. The number of aromatic nitrogens is 1. The minimum Gasteiger partial charge on any atom is -0.352 e. The second kappa shape index (κ2) is 13.0. The molecule has 1 fully saturated rings. The van der Waals surface area contributed by atoms with Crippen molar-refractivity contribution in [2.45, 2.75) is 64.5 Å². The molecule has 3 amide bonds. The van der Waals surface area contributed by atoms with Crippen LogP contribution >= 0.6 is 0 Å². The van der Waals surface area contributed by atoms with E-state index >= 15 is 0 Å². The van der Waals surface area contributed by atoms with Crippen molar-refractivity contribution in [3.8, 4) is 0 Å². The van der Waals surface area contributed by atoms with Crippen LogP contribution < -0.4 is 10.6 Å². The summed E-state index contributed by atoms with van der Waals surface area (Å²) in [6, 6.07) is 11.8. The molecule has 0 bridgehead atoms. The summed E-state index contributed by atoms with van der Waals surface area (Å²) >= 11 is 0. The highest BCUT2D eigenvalue weighted by atomic mass is 16.2. The number of rotatable bonds is 5. The van der Waals surface area contributed by atoms with Crippen LogP contribution in [0.2, 0.25) is 0 Å². The summed E-state index contributed by atoms with van der Waals surface area (Å²) in [7, 11) is 0. The molecule has 1 saturated heterocycles. The van der Waals surface area contributed by atoms with Gasteiger partial charge in [-0.25, -0.2) is 0 Å². The molecule has 204 valence electrons. The lowest BCUT2D eigenvalue weighted by Gasteiger charge is -2.39. The van der Waals surface area contributed by atoms with Crippen molar-refractivity contribution in [3.05, 3.63) is 65.5 Å². The topological polar surface area (TPSA) is 94.6 Å². The minimum absolute atomic E-state index is 0.0123. The fraction of sp³-hybridized carbons (Fsp3) is 0.533. The van der Waals surface area contributed by atoms with E-state index in [1.807, 2.05) is 42.6 Å². The molecule has 0 radical (unpaired) electrons.